The van der Waals surface area contributed by atoms with E-state index in [0.717, 1.165) is 67.9 Å². The number of aromatic nitrogens is 1. The lowest BCUT2D eigenvalue weighted by Gasteiger charge is -2.27. The van der Waals surface area contributed by atoms with Crippen LogP contribution in [-0.4, -0.2) is 47.9 Å². The Kier molecular flexibility index (Phi) is 8.15. The minimum Gasteiger partial charge on any atom is -0.326 e. The quantitative estimate of drug-likeness (QED) is 0.379. The monoisotopic (exact) mass is 511 g/mol. The number of nitrogens with zero attached hydrogens (tertiary/aromatic N) is 2. The van der Waals surface area contributed by atoms with Crippen molar-refractivity contribution in [1.29, 1.82) is 0 Å². The summed E-state index contributed by atoms with van der Waals surface area (Å²) in [6, 6.07) is 18.3. The Morgan fingerprint density at radius 3 is 2.39 bits per heavy atom. The summed E-state index contributed by atoms with van der Waals surface area (Å²) in [4.78, 5) is 31.6. The van der Waals surface area contributed by atoms with Crippen molar-refractivity contribution in [1.82, 2.24) is 15.2 Å². The predicted molar refractivity (Wildman–Crippen MR) is 152 cm³/mol. The molecule has 2 heterocycles. The highest BCUT2D eigenvalue weighted by Crippen LogP contribution is 2.30. The second-order valence-corrected chi connectivity index (χ2v) is 10.6. The van der Waals surface area contributed by atoms with Crippen LogP contribution in [0, 0.1) is 12.8 Å². The average Bonchev–Trinajstić information content (AvgIpc) is 3.77. The van der Waals surface area contributed by atoms with Gasteiger partial charge in [0.25, 0.3) is 0 Å². The summed E-state index contributed by atoms with van der Waals surface area (Å²) in [5, 5.41) is 9.34. The Balaban J connectivity index is 1.13. The van der Waals surface area contributed by atoms with E-state index in [4.69, 9.17) is 0 Å². The number of nitrogens with one attached hydrogen (secondary N) is 3. The summed E-state index contributed by atoms with van der Waals surface area (Å²) in [6.07, 6.45) is 4.14. The molecule has 0 unspecified atom stereocenters. The number of aryl methyl sites for hydroxylation is 1. The van der Waals surface area contributed by atoms with E-state index in [0.29, 0.717) is 12.2 Å². The summed E-state index contributed by atoms with van der Waals surface area (Å²) in [6.45, 7) is 9.37. The lowest BCUT2D eigenvalue weighted by Crippen LogP contribution is -2.42. The zero-order chi connectivity index (χ0) is 26.5. The topological polar surface area (TPSA) is 86.4 Å². The van der Waals surface area contributed by atoms with Crippen LogP contribution in [0.25, 0.3) is 11.1 Å². The van der Waals surface area contributed by atoms with Crippen molar-refractivity contribution in [2.45, 2.75) is 45.6 Å². The summed E-state index contributed by atoms with van der Waals surface area (Å²) < 4.78 is 0. The van der Waals surface area contributed by atoms with E-state index >= 15 is 0 Å². The molecule has 1 saturated carbocycles. The highest BCUT2D eigenvalue weighted by Gasteiger charge is 2.29. The molecular formula is C31H37N5O2. The fourth-order valence-corrected chi connectivity index (χ4v) is 4.89. The normalized spacial score (nSPS) is 16.6. The number of piperazine rings is 1. The summed E-state index contributed by atoms with van der Waals surface area (Å²) in [5.74, 6) is 0.918. The molecule has 0 bridgehead atoms. The third kappa shape index (κ3) is 6.85. The number of anilines is 2. The fourth-order valence-electron chi connectivity index (χ4n) is 4.89. The molecule has 1 atom stereocenters. The van der Waals surface area contributed by atoms with E-state index in [9.17, 15) is 9.59 Å². The molecule has 1 aliphatic heterocycles. The zero-order valence-corrected chi connectivity index (χ0v) is 22.3. The maximum atomic E-state index is 12.8. The maximum absolute atomic E-state index is 12.8. The van der Waals surface area contributed by atoms with Crippen LogP contribution in [0.5, 0.6) is 0 Å². The van der Waals surface area contributed by atoms with Gasteiger partial charge < -0.3 is 16.0 Å². The second-order valence-electron chi connectivity index (χ2n) is 10.6. The molecule has 7 nitrogen and oxygen atoms in total. The molecule has 1 saturated heterocycles. The Hall–Kier alpha value is -3.55. The average molecular weight is 512 g/mol. The van der Waals surface area contributed by atoms with Crippen molar-refractivity contribution < 1.29 is 9.59 Å². The van der Waals surface area contributed by atoms with Crippen LogP contribution in [0.15, 0.2) is 60.8 Å². The molecule has 1 aliphatic carbocycles. The third-order valence-electron chi connectivity index (χ3n) is 7.50. The SMILES string of the molecule is Cc1cc(NC(=O)C[C@H](C)c2ccc(-c3ccc(NC(=O)C4CC4)nc3)cc2)ccc1CN1CCNCC1. The highest BCUT2D eigenvalue weighted by atomic mass is 16.2. The Morgan fingerprint density at radius 2 is 1.74 bits per heavy atom. The van der Waals surface area contributed by atoms with Crippen molar-refractivity contribution >= 4 is 23.3 Å². The first-order chi connectivity index (χ1) is 18.4. The van der Waals surface area contributed by atoms with Crippen LogP contribution in [0.4, 0.5) is 11.5 Å². The van der Waals surface area contributed by atoms with E-state index in [1.54, 1.807) is 6.20 Å². The first kappa shape index (κ1) is 26.1. The Labute approximate surface area is 225 Å². The van der Waals surface area contributed by atoms with E-state index in [1.165, 1.54) is 11.1 Å². The van der Waals surface area contributed by atoms with Crippen molar-refractivity contribution in [3.63, 3.8) is 0 Å². The number of hydrogen-bond donors (Lipinski definition) is 3. The summed E-state index contributed by atoms with van der Waals surface area (Å²) in [5.41, 5.74) is 6.52. The largest absolute Gasteiger partial charge is 0.326 e. The standard InChI is InChI=1S/C31H37N5O2/c1-21-17-28(11-9-27(21)20-36-15-13-32-14-16-36)34-30(37)18-22(2)23-3-5-24(6-4-23)26-10-12-29(33-19-26)35-31(38)25-7-8-25/h3-6,9-12,17,19,22,25,32H,7-8,13-16,18,20H2,1-2H3,(H,34,37)(H,33,35,38)/t22-/m0/s1. The maximum Gasteiger partial charge on any atom is 0.228 e. The van der Waals surface area contributed by atoms with Gasteiger partial charge >= 0.3 is 0 Å². The van der Waals surface area contributed by atoms with Gasteiger partial charge in [-0.05, 0) is 72.2 Å². The molecule has 0 spiro atoms. The van der Waals surface area contributed by atoms with Gasteiger partial charge in [-0.3, -0.25) is 14.5 Å². The molecule has 3 aromatic rings. The van der Waals surface area contributed by atoms with Crippen molar-refractivity contribution in [3.8, 4) is 11.1 Å². The zero-order valence-electron chi connectivity index (χ0n) is 22.3. The smallest absolute Gasteiger partial charge is 0.228 e. The molecule has 198 valence electrons. The van der Waals surface area contributed by atoms with Crippen LogP contribution >= 0.6 is 0 Å². The van der Waals surface area contributed by atoms with E-state index < -0.39 is 0 Å². The molecule has 7 heteroatoms. The van der Waals surface area contributed by atoms with Gasteiger partial charge in [0.1, 0.15) is 5.82 Å². The summed E-state index contributed by atoms with van der Waals surface area (Å²) in [7, 11) is 0. The third-order valence-corrected chi connectivity index (χ3v) is 7.50. The molecular weight excluding hydrogens is 474 g/mol. The van der Waals surface area contributed by atoms with Crippen LogP contribution in [0.1, 0.15) is 48.8 Å². The van der Waals surface area contributed by atoms with Crippen molar-refractivity contribution in [3.05, 3.63) is 77.5 Å². The number of hydrogen-bond acceptors (Lipinski definition) is 5. The fraction of sp³-hybridized carbons (Fsp3) is 0.387. The predicted octanol–water partition coefficient (Wildman–Crippen LogP) is 4.94. The molecule has 0 radical (unpaired) electrons. The van der Waals surface area contributed by atoms with E-state index in [1.807, 2.05) is 18.2 Å². The van der Waals surface area contributed by atoms with E-state index in [-0.39, 0.29) is 23.7 Å². The molecule has 2 aromatic carbocycles. The van der Waals surface area contributed by atoms with E-state index in [2.05, 4.69) is 76.1 Å². The van der Waals surface area contributed by atoms with Crippen LogP contribution in [0.2, 0.25) is 0 Å². The number of carbonyl (C=O) groups excluding carboxylic acids is 2. The number of amides is 2. The van der Waals surface area contributed by atoms with Gasteiger partial charge in [-0.1, -0.05) is 37.3 Å². The molecule has 1 aromatic heterocycles. The highest BCUT2D eigenvalue weighted by molar-refractivity contribution is 5.93. The first-order valence-electron chi connectivity index (χ1n) is 13.6. The van der Waals surface area contributed by atoms with Crippen LogP contribution < -0.4 is 16.0 Å². The van der Waals surface area contributed by atoms with Crippen molar-refractivity contribution in [2.75, 3.05) is 36.8 Å². The number of rotatable bonds is 9. The number of pyridine rings is 1. The minimum absolute atomic E-state index is 0.0175. The van der Waals surface area contributed by atoms with Gasteiger partial charge in [0, 0.05) is 62.5 Å². The molecule has 38 heavy (non-hydrogen) atoms. The lowest BCUT2D eigenvalue weighted by atomic mass is 9.95. The van der Waals surface area contributed by atoms with Crippen molar-refractivity contribution in [2.24, 2.45) is 5.92 Å². The van der Waals surface area contributed by atoms with Crippen LogP contribution in [-0.2, 0) is 16.1 Å². The lowest BCUT2D eigenvalue weighted by molar-refractivity contribution is -0.117. The van der Waals surface area contributed by atoms with Gasteiger partial charge in [-0.2, -0.15) is 0 Å². The number of carbonyl (C=O) groups is 2. The second kappa shape index (κ2) is 11.9. The van der Waals surface area contributed by atoms with Gasteiger partial charge in [0.2, 0.25) is 11.8 Å². The molecule has 2 fully saturated rings. The minimum atomic E-state index is 0.0175. The first-order valence-corrected chi connectivity index (χ1v) is 13.6. The Morgan fingerprint density at radius 1 is 1.00 bits per heavy atom. The molecule has 2 amide bonds. The molecule has 2 aliphatic rings. The van der Waals surface area contributed by atoms with Gasteiger partial charge in [0.15, 0.2) is 0 Å². The number of benzene rings is 2. The molecule has 5 rings (SSSR count). The van der Waals surface area contributed by atoms with Gasteiger partial charge in [0.05, 0.1) is 0 Å². The Bertz CT molecular complexity index is 1260. The van der Waals surface area contributed by atoms with Gasteiger partial charge in [-0.15, -0.1) is 0 Å². The summed E-state index contributed by atoms with van der Waals surface area (Å²) >= 11 is 0. The van der Waals surface area contributed by atoms with Crippen LogP contribution in [0.3, 0.4) is 0 Å². The molecule has 3 N–H and O–H groups in total. The van der Waals surface area contributed by atoms with Gasteiger partial charge in [-0.25, -0.2) is 4.98 Å².